The number of hydrogen-bond donors (Lipinski definition) is 2. The lowest BCUT2D eigenvalue weighted by atomic mass is 10.1. The van der Waals surface area contributed by atoms with Crippen molar-refractivity contribution in [1.29, 1.82) is 0 Å². The largest absolute Gasteiger partial charge is 0.364 e. The zero-order valence-corrected chi connectivity index (χ0v) is 17.8. The molecule has 3 N–H and O–H groups in total. The van der Waals surface area contributed by atoms with Crippen LogP contribution >= 0.6 is 0 Å². The van der Waals surface area contributed by atoms with Crippen LogP contribution in [-0.4, -0.2) is 54.2 Å². The van der Waals surface area contributed by atoms with Crippen LogP contribution in [0, 0.1) is 0 Å². The van der Waals surface area contributed by atoms with Gasteiger partial charge in [0.1, 0.15) is 4.90 Å². The topological polar surface area (TPSA) is 136 Å². The third-order valence-corrected chi connectivity index (χ3v) is 7.09. The van der Waals surface area contributed by atoms with Crippen molar-refractivity contribution in [2.75, 3.05) is 24.4 Å². The average Bonchev–Trinajstić information content (AvgIpc) is 3.29. The molecule has 0 atom stereocenters. The van der Waals surface area contributed by atoms with Gasteiger partial charge in [-0.1, -0.05) is 0 Å². The molecule has 1 saturated heterocycles. The van der Waals surface area contributed by atoms with Gasteiger partial charge in [0.15, 0.2) is 5.69 Å². The van der Waals surface area contributed by atoms with Crippen LogP contribution in [0.1, 0.15) is 29.4 Å². The molecule has 0 unspecified atom stereocenters. The Kier molecular flexibility index (Phi) is 5.70. The maximum Gasteiger partial charge on any atom is 0.269 e. The van der Waals surface area contributed by atoms with Crippen LogP contribution in [-0.2, 0) is 10.0 Å². The van der Waals surface area contributed by atoms with Crippen molar-refractivity contribution >= 4 is 21.6 Å². The summed E-state index contributed by atoms with van der Waals surface area (Å²) >= 11 is 0. The number of pyridine rings is 2. The van der Waals surface area contributed by atoms with Gasteiger partial charge in [-0.15, -0.1) is 0 Å². The number of rotatable bonds is 6. The van der Waals surface area contributed by atoms with Crippen molar-refractivity contribution in [2.45, 2.75) is 23.8 Å². The van der Waals surface area contributed by atoms with Crippen LogP contribution in [0.15, 0.2) is 54.1 Å². The first kappa shape index (κ1) is 20.9. The summed E-state index contributed by atoms with van der Waals surface area (Å²) in [6, 6.07) is 4.88. The van der Waals surface area contributed by atoms with Gasteiger partial charge in [-0.2, -0.15) is 5.10 Å². The van der Waals surface area contributed by atoms with Crippen molar-refractivity contribution in [1.82, 2.24) is 25.1 Å². The van der Waals surface area contributed by atoms with E-state index in [0.717, 1.165) is 35.8 Å². The second kappa shape index (κ2) is 8.44. The second-order valence-electron chi connectivity index (χ2n) is 7.31. The van der Waals surface area contributed by atoms with E-state index >= 15 is 0 Å². The lowest BCUT2D eigenvalue weighted by Crippen LogP contribution is -2.29. The van der Waals surface area contributed by atoms with E-state index in [1.54, 1.807) is 18.5 Å². The van der Waals surface area contributed by atoms with Crippen molar-refractivity contribution in [3.05, 3.63) is 54.9 Å². The molecular formula is C20H23N7O3S. The molecule has 1 amide bonds. The Hall–Kier alpha value is -3.31. The summed E-state index contributed by atoms with van der Waals surface area (Å²) in [7, 11) is -2.66. The smallest absolute Gasteiger partial charge is 0.269 e. The number of nitrogens with zero attached hydrogens (tertiary/aromatic N) is 5. The Balaban J connectivity index is 1.65. The third kappa shape index (κ3) is 4.14. The van der Waals surface area contributed by atoms with Crippen molar-refractivity contribution in [3.63, 3.8) is 0 Å². The minimum Gasteiger partial charge on any atom is -0.364 e. The number of piperidine rings is 1. The molecule has 0 saturated carbocycles. The van der Waals surface area contributed by atoms with Crippen LogP contribution in [0.4, 0.5) is 5.69 Å². The second-order valence-corrected chi connectivity index (χ2v) is 9.28. The molecule has 0 bridgehead atoms. The normalized spacial score (nSPS) is 15.0. The maximum atomic E-state index is 13.2. The number of nitrogens with one attached hydrogen (secondary N) is 1. The van der Waals surface area contributed by atoms with Crippen molar-refractivity contribution in [3.8, 4) is 11.1 Å². The molecule has 3 aromatic rings. The van der Waals surface area contributed by atoms with Gasteiger partial charge in [-0.3, -0.25) is 18.8 Å². The van der Waals surface area contributed by atoms with Gasteiger partial charge in [-0.25, -0.2) is 13.4 Å². The van der Waals surface area contributed by atoms with Gasteiger partial charge in [0.25, 0.3) is 15.9 Å². The maximum absolute atomic E-state index is 13.2. The van der Waals surface area contributed by atoms with Gasteiger partial charge < -0.3 is 11.1 Å². The average molecular weight is 442 g/mol. The van der Waals surface area contributed by atoms with Crippen LogP contribution in [0.25, 0.3) is 11.1 Å². The van der Waals surface area contributed by atoms with Crippen molar-refractivity contribution in [2.24, 2.45) is 5.73 Å². The number of carbonyl (C=O) groups is 1. The fourth-order valence-corrected chi connectivity index (χ4v) is 4.80. The Morgan fingerprint density at radius 3 is 2.74 bits per heavy atom. The summed E-state index contributed by atoms with van der Waals surface area (Å²) in [5.74, 6) is -0.810. The number of sulfonamides is 1. The Morgan fingerprint density at radius 1 is 1.23 bits per heavy atom. The first-order valence-electron chi connectivity index (χ1n) is 9.82. The van der Waals surface area contributed by atoms with E-state index in [4.69, 9.17) is 5.73 Å². The molecule has 10 nitrogen and oxygen atoms in total. The fourth-order valence-electron chi connectivity index (χ4n) is 3.60. The van der Waals surface area contributed by atoms with E-state index in [9.17, 15) is 13.2 Å². The van der Waals surface area contributed by atoms with Crippen LogP contribution in [0.5, 0.6) is 0 Å². The molecule has 4 heterocycles. The Morgan fingerprint density at radius 2 is 2.00 bits per heavy atom. The summed E-state index contributed by atoms with van der Waals surface area (Å²) in [6.45, 7) is 1.90. The molecule has 162 valence electrons. The molecule has 3 aromatic heterocycles. The van der Waals surface area contributed by atoms with E-state index in [1.807, 2.05) is 10.9 Å². The quantitative estimate of drug-likeness (QED) is 0.586. The Labute approximate surface area is 180 Å². The standard InChI is InChI=1S/C20H23N7O3S/c1-26(18-3-2-6-24-19(18)20(21)28)31(29,30)17-9-14(10-23-12-17)15-11-25-27(13-15)16-4-7-22-8-5-16/h2-3,6,9-13,16,22H,4-5,7-8H2,1H3,(H2,21,28). The van der Waals surface area contributed by atoms with E-state index in [1.165, 1.54) is 31.6 Å². The number of hydrogen-bond acceptors (Lipinski definition) is 7. The van der Waals surface area contributed by atoms with Gasteiger partial charge in [-0.05, 0) is 44.1 Å². The number of aromatic nitrogens is 4. The number of anilines is 1. The highest BCUT2D eigenvalue weighted by Crippen LogP contribution is 2.28. The number of carbonyl (C=O) groups excluding carboxylic acids is 1. The van der Waals surface area contributed by atoms with E-state index < -0.39 is 15.9 Å². The van der Waals surface area contributed by atoms with E-state index in [2.05, 4.69) is 20.4 Å². The SMILES string of the molecule is CN(c1cccnc1C(N)=O)S(=O)(=O)c1cncc(-c2cnn(C3CCNCC3)c2)c1. The predicted octanol–water partition coefficient (Wildman–Crippen LogP) is 1.19. The number of nitrogens with two attached hydrogens (primary N) is 1. The van der Waals surface area contributed by atoms with Gasteiger partial charge in [0.2, 0.25) is 0 Å². The van der Waals surface area contributed by atoms with Crippen LogP contribution in [0.2, 0.25) is 0 Å². The highest BCUT2D eigenvalue weighted by Gasteiger charge is 2.26. The summed E-state index contributed by atoms with van der Waals surface area (Å²) in [6.07, 6.45) is 9.86. The highest BCUT2D eigenvalue weighted by atomic mass is 32.2. The summed E-state index contributed by atoms with van der Waals surface area (Å²) in [4.78, 5) is 19.7. The molecule has 0 aromatic carbocycles. The summed E-state index contributed by atoms with van der Waals surface area (Å²) in [5.41, 5.74) is 6.74. The van der Waals surface area contributed by atoms with Gasteiger partial charge in [0, 0.05) is 43.0 Å². The molecule has 0 spiro atoms. The first-order valence-corrected chi connectivity index (χ1v) is 11.3. The number of amides is 1. The zero-order valence-electron chi connectivity index (χ0n) is 17.0. The Bertz CT molecular complexity index is 1200. The lowest BCUT2D eigenvalue weighted by molar-refractivity contribution is 0.0996. The highest BCUT2D eigenvalue weighted by molar-refractivity contribution is 7.92. The summed E-state index contributed by atoms with van der Waals surface area (Å²) < 4.78 is 29.4. The molecule has 4 rings (SSSR count). The molecule has 0 radical (unpaired) electrons. The molecule has 31 heavy (non-hydrogen) atoms. The zero-order chi connectivity index (χ0) is 22.0. The lowest BCUT2D eigenvalue weighted by Gasteiger charge is -2.22. The molecule has 1 fully saturated rings. The third-order valence-electron chi connectivity index (χ3n) is 5.35. The molecule has 0 aliphatic carbocycles. The molecule has 11 heteroatoms. The molecule has 1 aliphatic heterocycles. The fraction of sp³-hybridized carbons (Fsp3) is 0.300. The van der Waals surface area contributed by atoms with Crippen molar-refractivity contribution < 1.29 is 13.2 Å². The molecule has 1 aliphatic rings. The summed E-state index contributed by atoms with van der Waals surface area (Å²) in [5, 5.41) is 7.79. The van der Waals surface area contributed by atoms with Crippen LogP contribution < -0.4 is 15.4 Å². The minimum absolute atomic E-state index is 0.0126. The van der Waals surface area contributed by atoms with Gasteiger partial charge in [0.05, 0.1) is 17.9 Å². The minimum atomic E-state index is -4.00. The molecular weight excluding hydrogens is 418 g/mol. The first-order chi connectivity index (χ1) is 14.9. The van der Waals surface area contributed by atoms with E-state index in [-0.39, 0.29) is 16.3 Å². The van der Waals surface area contributed by atoms with Gasteiger partial charge >= 0.3 is 0 Å². The monoisotopic (exact) mass is 441 g/mol. The van der Waals surface area contributed by atoms with Crippen LogP contribution in [0.3, 0.4) is 0 Å². The number of primary amides is 1. The predicted molar refractivity (Wildman–Crippen MR) is 115 cm³/mol. The van der Waals surface area contributed by atoms with E-state index in [0.29, 0.717) is 11.6 Å².